The van der Waals surface area contributed by atoms with E-state index < -0.39 is 0 Å². The third kappa shape index (κ3) is 3.73. The van der Waals surface area contributed by atoms with Crippen LogP contribution in [0.4, 0.5) is 15.2 Å². The normalized spacial score (nSPS) is 20.1. The van der Waals surface area contributed by atoms with E-state index in [-0.39, 0.29) is 29.9 Å². The minimum Gasteiger partial charge on any atom is -0.428 e. The highest BCUT2D eigenvalue weighted by atomic mass is 19.1. The lowest BCUT2D eigenvalue weighted by atomic mass is 9.95. The number of rotatable bonds is 4. The highest BCUT2D eigenvalue weighted by Crippen LogP contribution is 2.34. The van der Waals surface area contributed by atoms with Gasteiger partial charge in [-0.2, -0.15) is 4.98 Å². The standard InChI is InChI=1S/C17H20FN3O3/c1-10-11(2)24-17(20-10)21-16(22)19-9-13-7-8-23-15(13)12-3-5-14(18)6-4-12/h3-6,13,15H,7-9H2,1-2H3,(H2,19,20,21,22)/t13-,15-/m0/s1. The number of oxazole rings is 1. The smallest absolute Gasteiger partial charge is 0.322 e. The van der Waals surface area contributed by atoms with E-state index in [9.17, 15) is 9.18 Å². The summed E-state index contributed by atoms with van der Waals surface area (Å²) in [4.78, 5) is 16.1. The van der Waals surface area contributed by atoms with Gasteiger partial charge in [-0.25, -0.2) is 9.18 Å². The molecule has 128 valence electrons. The minimum atomic E-state index is -0.374. The molecular formula is C17H20FN3O3. The summed E-state index contributed by atoms with van der Waals surface area (Å²) in [6.45, 7) is 4.67. The number of nitrogens with one attached hydrogen (secondary N) is 2. The number of carbonyl (C=O) groups excluding carboxylic acids is 1. The van der Waals surface area contributed by atoms with Crippen LogP contribution >= 0.6 is 0 Å². The van der Waals surface area contributed by atoms with Crippen LogP contribution in [-0.2, 0) is 4.74 Å². The van der Waals surface area contributed by atoms with Gasteiger partial charge in [0.05, 0.1) is 11.8 Å². The van der Waals surface area contributed by atoms with E-state index in [1.807, 2.05) is 6.92 Å². The van der Waals surface area contributed by atoms with Gasteiger partial charge in [0.1, 0.15) is 11.6 Å². The molecule has 7 heteroatoms. The molecule has 24 heavy (non-hydrogen) atoms. The Labute approximate surface area is 139 Å². The fourth-order valence-corrected chi connectivity index (χ4v) is 2.76. The molecule has 0 bridgehead atoms. The number of halogens is 1. The van der Waals surface area contributed by atoms with Gasteiger partial charge < -0.3 is 14.5 Å². The Kier molecular flexibility index (Phi) is 4.80. The van der Waals surface area contributed by atoms with Gasteiger partial charge in [0.2, 0.25) is 0 Å². The highest BCUT2D eigenvalue weighted by Gasteiger charge is 2.30. The number of aryl methyl sites for hydroxylation is 2. The van der Waals surface area contributed by atoms with Crippen LogP contribution in [0, 0.1) is 25.6 Å². The van der Waals surface area contributed by atoms with Crippen LogP contribution in [0.2, 0.25) is 0 Å². The molecule has 0 radical (unpaired) electrons. The van der Waals surface area contributed by atoms with Crippen molar-refractivity contribution in [1.29, 1.82) is 0 Å². The highest BCUT2D eigenvalue weighted by molar-refractivity contribution is 5.86. The molecule has 1 aromatic heterocycles. The molecule has 0 aliphatic carbocycles. The van der Waals surface area contributed by atoms with E-state index in [4.69, 9.17) is 9.15 Å². The largest absolute Gasteiger partial charge is 0.428 e. The minimum absolute atomic E-state index is 0.134. The first-order chi connectivity index (χ1) is 11.5. The van der Waals surface area contributed by atoms with Gasteiger partial charge in [-0.1, -0.05) is 12.1 Å². The van der Waals surface area contributed by atoms with E-state index in [0.29, 0.717) is 18.9 Å². The van der Waals surface area contributed by atoms with Crippen molar-refractivity contribution in [2.45, 2.75) is 26.4 Å². The quantitative estimate of drug-likeness (QED) is 0.900. The van der Waals surface area contributed by atoms with Crippen molar-refractivity contribution in [3.63, 3.8) is 0 Å². The Balaban J connectivity index is 1.55. The van der Waals surface area contributed by atoms with Crippen LogP contribution < -0.4 is 10.6 Å². The van der Waals surface area contributed by atoms with E-state index >= 15 is 0 Å². The molecule has 2 amide bonds. The predicted octanol–water partition coefficient (Wildman–Crippen LogP) is 3.33. The maximum atomic E-state index is 13.0. The number of ether oxygens (including phenoxy) is 1. The number of amides is 2. The van der Waals surface area contributed by atoms with Crippen molar-refractivity contribution in [1.82, 2.24) is 10.3 Å². The maximum Gasteiger partial charge on any atom is 0.322 e. The van der Waals surface area contributed by atoms with E-state index in [2.05, 4.69) is 15.6 Å². The Morgan fingerprint density at radius 2 is 2.08 bits per heavy atom. The van der Waals surface area contributed by atoms with Gasteiger partial charge >= 0.3 is 12.0 Å². The van der Waals surface area contributed by atoms with Crippen LogP contribution in [0.1, 0.15) is 29.5 Å². The maximum absolute atomic E-state index is 13.0. The molecular weight excluding hydrogens is 313 g/mol. The number of anilines is 1. The summed E-state index contributed by atoms with van der Waals surface area (Å²) >= 11 is 0. The van der Waals surface area contributed by atoms with Crippen LogP contribution in [0.25, 0.3) is 0 Å². The third-order valence-corrected chi connectivity index (χ3v) is 4.19. The Bertz CT molecular complexity index is 695. The number of hydrogen-bond donors (Lipinski definition) is 2. The van der Waals surface area contributed by atoms with Crippen molar-refractivity contribution in [2.24, 2.45) is 5.92 Å². The third-order valence-electron chi connectivity index (χ3n) is 4.19. The molecule has 2 heterocycles. The van der Waals surface area contributed by atoms with Crippen molar-refractivity contribution in [3.8, 4) is 0 Å². The second kappa shape index (κ2) is 7.00. The van der Waals surface area contributed by atoms with Crippen molar-refractivity contribution in [3.05, 3.63) is 47.1 Å². The molecule has 2 aromatic rings. The van der Waals surface area contributed by atoms with Crippen LogP contribution in [0.15, 0.2) is 28.7 Å². The molecule has 0 unspecified atom stereocenters. The molecule has 3 rings (SSSR count). The molecule has 6 nitrogen and oxygen atoms in total. The van der Waals surface area contributed by atoms with Gasteiger partial charge in [-0.3, -0.25) is 5.32 Å². The zero-order chi connectivity index (χ0) is 17.1. The lowest BCUT2D eigenvalue weighted by molar-refractivity contribution is 0.0911. The number of benzene rings is 1. The molecule has 1 saturated heterocycles. The topological polar surface area (TPSA) is 76.4 Å². The second-order valence-electron chi connectivity index (χ2n) is 5.89. The van der Waals surface area contributed by atoms with Gasteiger partial charge in [-0.05, 0) is 38.0 Å². The molecule has 2 atom stereocenters. The molecule has 0 saturated carbocycles. The summed E-state index contributed by atoms with van der Waals surface area (Å²) in [6.07, 6.45) is 0.691. The average Bonchev–Trinajstić information content (AvgIpc) is 3.13. The molecule has 1 fully saturated rings. The Morgan fingerprint density at radius 1 is 1.33 bits per heavy atom. The lowest BCUT2D eigenvalue weighted by Gasteiger charge is -2.19. The van der Waals surface area contributed by atoms with Crippen LogP contribution in [0.3, 0.4) is 0 Å². The van der Waals surface area contributed by atoms with Crippen LogP contribution in [-0.4, -0.2) is 24.2 Å². The summed E-state index contributed by atoms with van der Waals surface area (Å²) in [6, 6.07) is 6.08. The first-order valence-corrected chi connectivity index (χ1v) is 7.89. The van der Waals surface area contributed by atoms with Gasteiger partial charge in [0.15, 0.2) is 0 Å². The monoisotopic (exact) mass is 333 g/mol. The number of hydrogen-bond acceptors (Lipinski definition) is 4. The number of aromatic nitrogens is 1. The molecule has 1 aromatic carbocycles. The molecule has 0 spiro atoms. The fraction of sp³-hybridized carbons (Fsp3) is 0.412. The van der Waals surface area contributed by atoms with E-state index in [0.717, 1.165) is 17.7 Å². The summed E-state index contributed by atoms with van der Waals surface area (Å²) in [5, 5.41) is 5.38. The summed E-state index contributed by atoms with van der Waals surface area (Å²) in [5.74, 6) is 0.530. The lowest BCUT2D eigenvalue weighted by Crippen LogP contribution is -2.34. The Hall–Kier alpha value is -2.41. The van der Waals surface area contributed by atoms with Crippen molar-refractivity contribution < 1.29 is 18.3 Å². The summed E-state index contributed by atoms with van der Waals surface area (Å²) in [5.41, 5.74) is 1.66. The zero-order valence-electron chi connectivity index (χ0n) is 13.6. The summed E-state index contributed by atoms with van der Waals surface area (Å²) in [7, 11) is 0. The van der Waals surface area contributed by atoms with Crippen molar-refractivity contribution in [2.75, 3.05) is 18.5 Å². The Morgan fingerprint density at radius 3 is 2.75 bits per heavy atom. The number of carbonyl (C=O) groups is 1. The second-order valence-corrected chi connectivity index (χ2v) is 5.89. The first kappa shape index (κ1) is 16.4. The number of urea groups is 1. The fourth-order valence-electron chi connectivity index (χ4n) is 2.76. The molecule has 1 aliphatic heterocycles. The van der Waals surface area contributed by atoms with Crippen molar-refractivity contribution >= 4 is 12.0 Å². The average molecular weight is 333 g/mol. The predicted molar refractivity (Wildman–Crippen MR) is 86.2 cm³/mol. The molecule has 1 aliphatic rings. The van der Waals surface area contributed by atoms with Gasteiger partial charge in [-0.15, -0.1) is 0 Å². The zero-order valence-corrected chi connectivity index (χ0v) is 13.6. The first-order valence-electron chi connectivity index (χ1n) is 7.89. The van der Waals surface area contributed by atoms with E-state index in [1.165, 1.54) is 12.1 Å². The van der Waals surface area contributed by atoms with Gasteiger partial charge in [0, 0.05) is 19.1 Å². The SMILES string of the molecule is Cc1nc(NC(=O)NC[C@@H]2CCO[C@H]2c2ccc(F)cc2)oc1C. The van der Waals surface area contributed by atoms with E-state index in [1.54, 1.807) is 19.1 Å². The van der Waals surface area contributed by atoms with Crippen LogP contribution in [0.5, 0.6) is 0 Å². The molecule has 2 N–H and O–H groups in total. The summed E-state index contributed by atoms with van der Waals surface area (Å²) < 4.78 is 24.1. The number of nitrogens with zero attached hydrogens (tertiary/aromatic N) is 1. The van der Waals surface area contributed by atoms with Gasteiger partial charge in [0.25, 0.3) is 0 Å².